The Morgan fingerprint density at radius 2 is 1.86 bits per heavy atom. The van der Waals surface area contributed by atoms with Gasteiger partial charge >= 0.3 is 0 Å². The van der Waals surface area contributed by atoms with Crippen molar-refractivity contribution >= 4 is 0 Å². The second kappa shape index (κ2) is 6.35. The highest BCUT2D eigenvalue weighted by molar-refractivity contribution is 5.25. The number of rotatable bonds is 0. The first-order valence-electron chi connectivity index (χ1n) is 12.9. The molecule has 2 aliphatic heterocycles. The molecule has 1 spiro atoms. The van der Waals surface area contributed by atoms with Crippen LogP contribution in [0, 0.1) is 46.3 Å². The zero-order valence-corrected chi connectivity index (χ0v) is 19.2. The van der Waals surface area contributed by atoms with E-state index in [0.717, 1.165) is 30.8 Å². The van der Waals surface area contributed by atoms with Gasteiger partial charge in [0.1, 0.15) is 0 Å². The van der Waals surface area contributed by atoms with Crippen LogP contribution < -0.4 is 0 Å². The van der Waals surface area contributed by atoms with E-state index >= 15 is 0 Å². The van der Waals surface area contributed by atoms with Crippen LogP contribution >= 0.6 is 0 Å². The molecule has 5 fully saturated rings. The van der Waals surface area contributed by atoms with E-state index in [9.17, 15) is 0 Å². The molecule has 2 saturated heterocycles. The molecule has 6 rings (SSSR count). The van der Waals surface area contributed by atoms with Gasteiger partial charge in [-0.05, 0) is 91.8 Å². The van der Waals surface area contributed by atoms with Gasteiger partial charge in [0, 0.05) is 12.3 Å². The highest BCUT2D eigenvalue weighted by Crippen LogP contribution is 2.70. The fourth-order valence-electron chi connectivity index (χ4n) is 9.72. The van der Waals surface area contributed by atoms with Gasteiger partial charge in [0.15, 0.2) is 5.79 Å². The van der Waals surface area contributed by atoms with Crippen molar-refractivity contribution in [1.29, 1.82) is 0 Å². The second-order valence-electron chi connectivity index (χ2n) is 12.5. The molecule has 3 saturated carbocycles. The molecule has 0 N–H and O–H groups in total. The zero-order valence-electron chi connectivity index (χ0n) is 19.2. The SMILES string of the molecule is CC1CC[C@@]2(OC1)O[C@H]1CC3C4CC=C5CCCC[C@]5(C)C4CC[C@]3(C)[C@H]1[C@@H]2C. The molecule has 0 amide bonds. The lowest BCUT2D eigenvalue weighted by atomic mass is 9.47. The summed E-state index contributed by atoms with van der Waals surface area (Å²) in [5.41, 5.74) is 2.80. The third-order valence-corrected chi connectivity index (χ3v) is 11.3. The summed E-state index contributed by atoms with van der Waals surface area (Å²) >= 11 is 0. The average molecular weight is 399 g/mol. The van der Waals surface area contributed by atoms with Gasteiger partial charge in [-0.15, -0.1) is 0 Å². The van der Waals surface area contributed by atoms with Crippen LogP contribution in [0.3, 0.4) is 0 Å². The molecule has 0 bridgehead atoms. The molecule has 6 aliphatic rings. The highest BCUT2D eigenvalue weighted by Gasteiger charge is 2.68. The van der Waals surface area contributed by atoms with Gasteiger partial charge in [0.25, 0.3) is 0 Å². The zero-order chi connectivity index (χ0) is 20.0. The Hall–Kier alpha value is -0.340. The van der Waals surface area contributed by atoms with Crippen molar-refractivity contribution in [2.45, 2.75) is 104 Å². The van der Waals surface area contributed by atoms with Crippen molar-refractivity contribution in [2.24, 2.45) is 46.3 Å². The maximum Gasteiger partial charge on any atom is 0.171 e. The molecule has 2 heteroatoms. The van der Waals surface area contributed by atoms with E-state index < -0.39 is 0 Å². The van der Waals surface area contributed by atoms with E-state index in [2.05, 4.69) is 33.8 Å². The Bertz CT molecular complexity index is 703. The topological polar surface area (TPSA) is 18.5 Å². The van der Waals surface area contributed by atoms with Gasteiger partial charge in [-0.25, -0.2) is 0 Å². The summed E-state index contributed by atoms with van der Waals surface area (Å²) in [7, 11) is 0. The molecule has 2 heterocycles. The van der Waals surface area contributed by atoms with Crippen LogP contribution in [0.4, 0.5) is 0 Å². The summed E-state index contributed by atoms with van der Waals surface area (Å²) < 4.78 is 13.4. The molecule has 4 unspecified atom stereocenters. The minimum absolute atomic E-state index is 0.262. The number of ether oxygens (including phenoxy) is 2. The Kier molecular flexibility index (Phi) is 4.23. The number of hydrogen-bond donors (Lipinski definition) is 0. The smallest absolute Gasteiger partial charge is 0.171 e. The third kappa shape index (κ3) is 2.48. The van der Waals surface area contributed by atoms with Crippen molar-refractivity contribution < 1.29 is 9.47 Å². The Morgan fingerprint density at radius 3 is 2.66 bits per heavy atom. The summed E-state index contributed by atoms with van der Waals surface area (Å²) in [6, 6.07) is 0. The maximum atomic E-state index is 6.91. The summed E-state index contributed by atoms with van der Waals surface area (Å²) in [6.45, 7) is 11.0. The summed E-state index contributed by atoms with van der Waals surface area (Å²) in [5, 5.41) is 0. The molecule has 0 radical (unpaired) electrons. The van der Waals surface area contributed by atoms with E-state index in [1.165, 1.54) is 57.8 Å². The quantitative estimate of drug-likeness (QED) is 0.420. The first-order valence-corrected chi connectivity index (χ1v) is 12.9. The Labute approximate surface area is 178 Å². The molecule has 2 nitrogen and oxygen atoms in total. The average Bonchev–Trinajstić information content (AvgIpc) is 3.15. The van der Waals surface area contributed by atoms with Crippen LogP contribution in [0.2, 0.25) is 0 Å². The Morgan fingerprint density at radius 1 is 1.00 bits per heavy atom. The fraction of sp³-hybridized carbons (Fsp3) is 0.926. The van der Waals surface area contributed by atoms with E-state index in [1.807, 2.05) is 5.57 Å². The number of fused-ring (bicyclic) bond motifs is 7. The van der Waals surface area contributed by atoms with Crippen LogP contribution in [-0.4, -0.2) is 18.5 Å². The van der Waals surface area contributed by atoms with Crippen molar-refractivity contribution in [2.75, 3.05) is 6.61 Å². The molecule has 10 atom stereocenters. The summed E-state index contributed by atoms with van der Waals surface area (Å²) in [6.07, 6.45) is 16.7. The molecule has 0 aromatic carbocycles. The van der Waals surface area contributed by atoms with Gasteiger partial charge in [0.05, 0.1) is 12.7 Å². The minimum Gasteiger partial charge on any atom is -0.349 e. The van der Waals surface area contributed by atoms with Gasteiger partial charge in [-0.1, -0.05) is 45.8 Å². The Balaban J connectivity index is 1.29. The van der Waals surface area contributed by atoms with Gasteiger partial charge < -0.3 is 9.47 Å². The van der Waals surface area contributed by atoms with Crippen molar-refractivity contribution in [3.8, 4) is 0 Å². The predicted octanol–water partition coefficient (Wildman–Crippen LogP) is 6.74. The largest absolute Gasteiger partial charge is 0.349 e. The molecular weight excluding hydrogens is 356 g/mol. The van der Waals surface area contributed by atoms with Crippen LogP contribution in [0.15, 0.2) is 11.6 Å². The molecule has 0 aromatic heterocycles. The van der Waals surface area contributed by atoms with E-state index in [-0.39, 0.29) is 5.79 Å². The molecule has 29 heavy (non-hydrogen) atoms. The minimum atomic E-state index is -0.262. The third-order valence-electron chi connectivity index (χ3n) is 11.3. The van der Waals surface area contributed by atoms with Gasteiger partial charge in [0.2, 0.25) is 0 Å². The normalized spacial score (nSPS) is 58.9. The molecule has 4 aliphatic carbocycles. The van der Waals surface area contributed by atoms with E-state index in [4.69, 9.17) is 9.47 Å². The number of hydrogen-bond acceptors (Lipinski definition) is 2. The monoisotopic (exact) mass is 398 g/mol. The second-order valence-corrected chi connectivity index (χ2v) is 12.5. The van der Waals surface area contributed by atoms with Crippen molar-refractivity contribution in [3.05, 3.63) is 11.6 Å². The van der Waals surface area contributed by atoms with Crippen molar-refractivity contribution in [1.82, 2.24) is 0 Å². The highest BCUT2D eigenvalue weighted by atomic mass is 16.7. The lowest BCUT2D eigenvalue weighted by Gasteiger charge is -2.58. The predicted molar refractivity (Wildman–Crippen MR) is 116 cm³/mol. The lowest BCUT2D eigenvalue weighted by molar-refractivity contribution is -0.272. The molecular formula is C27H42O2. The summed E-state index contributed by atoms with van der Waals surface area (Å²) in [4.78, 5) is 0. The van der Waals surface area contributed by atoms with E-state index in [0.29, 0.717) is 34.7 Å². The standard InChI is InChI=1S/C27H42O2/c1-17-10-14-27(28-16-17)18(2)24-23(29-27)15-22-20-9-8-19-7-5-6-12-25(19,3)21(20)11-13-26(22,24)4/h8,17-18,20-24H,5-7,9-16H2,1-4H3/t17?,18-,20?,21?,22?,23-,24-,25-,26-,27+/m0/s1. The van der Waals surface area contributed by atoms with Crippen LogP contribution in [0.1, 0.15) is 91.9 Å². The first-order chi connectivity index (χ1) is 13.9. The lowest BCUT2D eigenvalue weighted by Crippen LogP contribution is -2.52. The number of allylic oxidation sites excluding steroid dienone is 2. The fourth-order valence-corrected chi connectivity index (χ4v) is 9.72. The van der Waals surface area contributed by atoms with Crippen LogP contribution in [0.5, 0.6) is 0 Å². The molecule has 0 aromatic rings. The van der Waals surface area contributed by atoms with Crippen molar-refractivity contribution in [3.63, 3.8) is 0 Å². The first kappa shape index (κ1) is 19.4. The molecule has 162 valence electrons. The summed E-state index contributed by atoms with van der Waals surface area (Å²) in [5.74, 6) is 4.35. The van der Waals surface area contributed by atoms with E-state index in [1.54, 1.807) is 0 Å². The van der Waals surface area contributed by atoms with Crippen LogP contribution in [-0.2, 0) is 9.47 Å². The van der Waals surface area contributed by atoms with Crippen LogP contribution in [0.25, 0.3) is 0 Å². The maximum absolute atomic E-state index is 6.91. The van der Waals surface area contributed by atoms with Gasteiger partial charge in [-0.2, -0.15) is 0 Å². The van der Waals surface area contributed by atoms with Gasteiger partial charge in [-0.3, -0.25) is 0 Å².